The number of phenols is 2. The normalized spacial score (nSPS) is 13.8. The molecule has 0 saturated carbocycles. The summed E-state index contributed by atoms with van der Waals surface area (Å²) in [5.41, 5.74) is -0.903. The van der Waals surface area contributed by atoms with Crippen molar-refractivity contribution in [2.24, 2.45) is 0 Å². The molecule has 0 aliphatic carbocycles. The molecule has 0 aromatic heterocycles. The highest BCUT2D eigenvalue weighted by atomic mass is 35.5. The second-order valence-electron chi connectivity index (χ2n) is 6.03. The summed E-state index contributed by atoms with van der Waals surface area (Å²) >= 11 is 25.1. The minimum Gasteiger partial charge on any atom is -0.508 e. The second kappa shape index (κ2) is 7.87. The fourth-order valence-corrected chi connectivity index (χ4v) is 5.85. The molecular formula is C19H12Cl4O5S. The van der Waals surface area contributed by atoms with E-state index in [2.05, 4.69) is 0 Å². The Morgan fingerprint density at radius 2 is 1.24 bits per heavy atom. The van der Waals surface area contributed by atoms with Gasteiger partial charge in [0.15, 0.2) is 4.75 Å². The van der Waals surface area contributed by atoms with Crippen LogP contribution in [0.2, 0.25) is 20.1 Å². The number of phenolic OH excluding ortho intramolecular Hbond substituents is 2. The molecule has 0 aliphatic heterocycles. The lowest BCUT2D eigenvalue weighted by molar-refractivity contribution is 0.439. The van der Waals surface area contributed by atoms with Gasteiger partial charge in [-0.2, -0.15) is 8.42 Å². The average Bonchev–Trinajstić information content (AvgIpc) is 2.64. The van der Waals surface area contributed by atoms with Gasteiger partial charge in [-0.1, -0.05) is 76.7 Å². The summed E-state index contributed by atoms with van der Waals surface area (Å²) in [6.07, 6.45) is 0. The molecule has 0 amide bonds. The van der Waals surface area contributed by atoms with Gasteiger partial charge >= 0.3 is 0 Å². The zero-order valence-electron chi connectivity index (χ0n) is 14.3. The van der Waals surface area contributed by atoms with Crippen molar-refractivity contribution in [3.05, 3.63) is 91.4 Å². The van der Waals surface area contributed by atoms with E-state index in [-0.39, 0.29) is 36.8 Å². The molecule has 10 heteroatoms. The van der Waals surface area contributed by atoms with Crippen LogP contribution in [0.1, 0.15) is 16.7 Å². The van der Waals surface area contributed by atoms with Crippen molar-refractivity contribution in [2.75, 3.05) is 0 Å². The van der Waals surface area contributed by atoms with Crippen LogP contribution in [-0.4, -0.2) is 23.2 Å². The topological polar surface area (TPSA) is 94.8 Å². The van der Waals surface area contributed by atoms with Gasteiger partial charge in [-0.3, -0.25) is 4.55 Å². The minimum absolute atomic E-state index is 0.0502. The van der Waals surface area contributed by atoms with Crippen molar-refractivity contribution in [3.8, 4) is 11.5 Å². The first-order valence-electron chi connectivity index (χ1n) is 7.91. The van der Waals surface area contributed by atoms with E-state index in [0.29, 0.717) is 0 Å². The van der Waals surface area contributed by atoms with Crippen molar-refractivity contribution >= 4 is 56.5 Å². The highest BCUT2D eigenvalue weighted by Crippen LogP contribution is 2.54. The van der Waals surface area contributed by atoms with E-state index >= 15 is 0 Å². The second-order valence-corrected chi connectivity index (χ2v) is 9.16. The number of para-hydroxylation sites is 1. The highest BCUT2D eigenvalue weighted by molar-refractivity contribution is 7.87. The van der Waals surface area contributed by atoms with Crippen molar-refractivity contribution in [2.45, 2.75) is 4.75 Å². The lowest BCUT2D eigenvalue weighted by Crippen LogP contribution is -2.39. The molecule has 3 rings (SSSR count). The van der Waals surface area contributed by atoms with Gasteiger partial charge in [-0.15, -0.1) is 0 Å². The Kier molecular flexibility index (Phi) is 5.98. The molecule has 152 valence electrons. The van der Waals surface area contributed by atoms with Crippen LogP contribution < -0.4 is 0 Å². The molecule has 5 nitrogen and oxygen atoms in total. The fraction of sp³-hybridized carbons (Fsp3) is 0.0526. The molecule has 0 aliphatic rings. The maximum atomic E-state index is 13.0. The van der Waals surface area contributed by atoms with Crippen LogP contribution in [0.5, 0.6) is 11.5 Å². The summed E-state index contributed by atoms with van der Waals surface area (Å²) in [6, 6.07) is 11.8. The monoisotopic (exact) mass is 492 g/mol. The van der Waals surface area contributed by atoms with Crippen LogP contribution in [0.15, 0.2) is 54.6 Å². The van der Waals surface area contributed by atoms with Crippen molar-refractivity contribution in [3.63, 3.8) is 0 Å². The first-order valence-corrected chi connectivity index (χ1v) is 10.9. The van der Waals surface area contributed by atoms with E-state index in [1.807, 2.05) is 0 Å². The first kappa shape index (κ1) is 22.0. The molecule has 0 radical (unpaired) electrons. The minimum atomic E-state index is -5.19. The Morgan fingerprint density at radius 1 is 0.690 bits per heavy atom. The fourth-order valence-electron chi connectivity index (χ4n) is 3.23. The van der Waals surface area contributed by atoms with Crippen LogP contribution in [-0.2, 0) is 14.9 Å². The maximum Gasteiger partial charge on any atom is 0.283 e. The molecule has 3 aromatic carbocycles. The number of hydrogen-bond acceptors (Lipinski definition) is 4. The van der Waals surface area contributed by atoms with Crippen LogP contribution in [0.25, 0.3) is 0 Å². The molecule has 3 N–H and O–H groups in total. The molecule has 29 heavy (non-hydrogen) atoms. The van der Waals surface area contributed by atoms with E-state index in [0.717, 1.165) is 0 Å². The Balaban J connectivity index is 2.71. The third-order valence-corrected chi connectivity index (χ3v) is 7.36. The van der Waals surface area contributed by atoms with Crippen molar-refractivity contribution in [1.82, 2.24) is 0 Å². The van der Waals surface area contributed by atoms with Gasteiger partial charge in [0.05, 0.1) is 15.1 Å². The van der Waals surface area contributed by atoms with Crippen LogP contribution >= 0.6 is 46.4 Å². The Morgan fingerprint density at radius 3 is 1.86 bits per heavy atom. The molecule has 0 spiro atoms. The van der Waals surface area contributed by atoms with E-state index in [4.69, 9.17) is 46.4 Å². The molecule has 1 atom stereocenters. The zero-order valence-corrected chi connectivity index (χ0v) is 18.1. The SMILES string of the molecule is O=S(=O)(O)C(c1ccccc1O)(c1cccc(O)c1Cl)c1c(Cl)ccc(Cl)c1Cl. The quantitative estimate of drug-likeness (QED) is 0.239. The molecule has 0 fully saturated rings. The van der Waals surface area contributed by atoms with E-state index in [1.165, 1.54) is 54.6 Å². The lowest BCUT2D eigenvalue weighted by atomic mass is 9.83. The van der Waals surface area contributed by atoms with E-state index < -0.39 is 26.4 Å². The summed E-state index contributed by atoms with van der Waals surface area (Å²) in [5.74, 6) is -0.946. The standard InChI is InChI=1S/C19H12Cl4O5S/c20-12-8-9-13(21)18(23)16(12)19(29(26,27)28,10-4-1-2-6-14(10)24)11-5-3-7-15(25)17(11)22/h1-9,24-25H,(H,26,27,28). The van der Waals surface area contributed by atoms with Crippen molar-refractivity contribution < 1.29 is 23.2 Å². The van der Waals surface area contributed by atoms with Gasteiger partial charge in [0, 0.05) is 21.7 Å². The predicted molar refractivity (Wildman–Crippen MR) is 114 cm³/mol. The van der Waals surface area contributed by atoms with Gasteiger partial charge < -0.3 is 10.2 Å². The van der Waals surface area contributed by atoms with Gasteiger partial charge in [-0.25, -0.2) is 0 Å². The number of aromatic hydroxyl groups is 2. The molecular weight excluding hydrogens is 482 g/mol. The van der Waals surface area contributed by atoms with E-state index in [1.54, 1.807) is 0 Å². The third-order valence-electron chi connectivity index (χ3n) is 4.42. The predicted octanol–water partition coefficient (Wildman–Crippen LogP) is 5.89. The third kappa shape index (κ3) is 3.44. The molecule has 0 bridgehead atoms. The smallest absolute Gasteiger partial charge is 0.283 e. The molecule has 1 unspecified atom stereocenters. The Hall–Kier alpha value is -1.67. The van der Waals surface area contributed by atoms with Crippen LogP contribution in [0.3, 0.4) is 0 Å². The number of halogens is 4. The molecule has 3 aromatic rings. The van der Waals surface area contributed by atoms with Crippen LogP contribution in [0.4, 0.5) is 0 Å². The van der Waals surface area contributed by atoms with Gasteiger partial charge in [0.1, 0.15) is 11.5 Å². The summed E-state index contributed by atoms with van der Waals surface area (Å²) in [4.78, 5) is 0. The number of hydrogen-bond donors (Lipinski definition) is 3. The highest BCUT2D eigenvalue weighted by Gasteiger charge is 2.54. The molecule has 0 heterocycles. The largest absolute Gasteiger partial charge is 0.508 e. The van der Waals surface area contributed by atoms with Gasteiger partial charge in [-0.05, 0) is 24.3 Å². The first-order chi connectivity index (χ1) is 13.5. The molecule has 0 saturated heterocycles. The van der Waals surface area contributed by atoms with Crippen molar-refractivity contribution in [1.29, 1.82) is 0 Å². The summed E-state index contributed by atoms with van der Waals surface area (Å²) in [5, 5.41) is 19.8. The maximum absolute atomic E-state index is 13.0. The number of rotatable bonds is 4. The Labute approximate surface area is 186 Å². The summed E-state index contributed by atoms with van der Waals surface area (Å²) in [7, 11) is -5.19. The van der Waals surface area contributed by atoms with Crippen LogP contribution in [0, 0.1) is 0 Å². The summed E-state index contributed by atoms with van der Waals surface area (Å²) < 4.78 is 34.0. The Bertz CT molecular complexity index is 1210. The average molecular weight is 494 g/mol. The summed E-state index contributed by atoms with van der Waals surface area (Å²) in [6.45, 7) is 0. The number of benzene rings is 3. The van der Waals surface area contributed by atoms with E-state index in [9.17, 15) is 23.2 Å². The zero-order chi connectivity index (χ0) is 21.6. The van der Waals surface area contributed by atoms with Gasteiger partial charge in [0.2, 0.25) is 0 Å². The van der Waals surface area contributed by atoms with Gasteiger partial charge in [0.25, 0.3) is 10.1 Å². The lowest BCUT2D eigenvalue weighted by Gasteiger charge is -2.35.